The van der Waals surface area contributed by atoms with E-state index in [0.717, 1.165) is 11.8 Å². The molecule has 0 aromatic rings. The molecule has 0 nitrogen and oxygen atoms in total. The second kappa shape index (κ2) is 24.3. The van der Waals surface area contributed by atoms with Crippen LogP contribution in [0.15, 0.2) is 0 Å². The molecule has 0 bridgehead atoms. The van der Waals surface area contributed by atoms with Gasteiger partial charge in [0.1, 0.15) is 0 Å². The molecular weight excluding hydrogens is 192 g/mol. The third-order valence-electron chi connectivity index (χ3n) is 2.62. The van der Waals surface area contributed by atoms with Crippen LogP contribution >= 0.6 is 0 Å². The van der Waals surface area contributed by atoms with E-state index in [4.69, 9.17) is 0 Å². The first-order valence-electron chi connectivity index (χ1n) is 7.29. The third-order valence-corrected chi connectivity index (χ3v) is 2.62. The molecule has 0 aliphatic heterocycles. The van der Waals surface area contributed by atoms with Crippen LogP contribution in [0.1, 0.15) is 94.9 Å². The van der Waals surface area contributed by atoms with Crippen molar-refractivity contribution < 1.29 is 0 Å². The first-order valence-corrected chi connectivity index (χ1v) is 7.29. The van der Waals surface area contributed by atoms with Crippen molar-refractivity contribution >= 4 is 0 Å². The standard InChI is InChI=1S/C7H14.C4H10.2C2H6.CH4/c1-3-6-5-7(6)4-2;1-3-4-2;2*1-2;/h6-7H,3-5H2,1-2H3;3-4H2,1-2H3;2*1-2H3;1H4. The molecule has 2 unspecified atom stereocenters. The molecule has 0 aromatic carbocycles. The van der Waals surface area contributed by atoms with E-state index in [1.54, 1.807) is 0 Å². The summed E-state index contributed by atoms with van der Waals surface area (Å²) in [6.07, 6.45) is 6.99. The van der Waals surface area contributed by atoms with Crippen molar-refractivity contribution in [3.05, 3.63) is 0 Å². The molecule has 1 fully saturated rings. The zero-order valence-electron chi connectivity index (χ0n) is 12.7. The zero-order chi connectivity index (χ0) is 12.7. The quantitative estimate of drug-likeness (QED) is 0.494. The summed E-state index contributed by atoms with van der Waals surface area (Å²) in [6, 6.07) is 0. The van der Waals surface area contributed by atoms with Crippen molar-refractivity contribution in [2.75, 3.05) is 0 Å². The minimum absolute atomic E-state index is 0. The van der Waals surface area contributed by atoms with Gasteiger partial charge in [-0.15, -0.1) is 0 Å². The summed E-state index contributed by atoms with van der Waals surface area (Å²) < 4.78 is 0. The van der Waals surface area contributed by atoms with Crippen LogP contribution in [0.2, 0.25) is 0 Å². The van der Waals surface area contributed by atoms with E-state index in [9.17, 15) is 0 Å². The molecule has 0 N–H and O–H groups in total. The highest BCUT2D eigenvalue weighted by molar-refractivity contribution is 4.83. The number of hydrogen-bond donors (Lipinski definition) is 0. The fraction of sp³-hybridized carbons (Fsp3) is 1.00. The average molecular weight is 232 g/mol. The average Bonchev–Trinajstić information content (AvgIpc) is 3.13. The molecule has 1 aliphatic rings. The monoisotopic (exact) mass is 232 g/mol. The molecule has 0 amide bonds. The molecule has 0 aromatic heterocycles. The van der Waals surface area contributed by atoms with E-state index < -0.39 is 0 Å². The summed E-state index contributed by atoms with van der Waals surface area (Å²) in [5.41, 5.74) is 0. The zero-order valence-corrected chi connectivity index (χ0v) is 12.7. The Kier molecular flexibility index (Phi) is 38.0. The molecule has 16 heavy (non-hydrogen) atoms. The fourth-order valence-corrected chi connectivity index (χ4v) is 1.31. The molecule has 0 saturated heterocycles. The summed E-state index contributed by atoms with van der Waals surface area (Å²) in [7, 11) is 0. The minimum Gasteiger partial charge on any atom is -0.0776 e. The predicted molar refractivity (Wildman–Crippen MR) is 82.2 cm³/mol. The summed E-state index contributed by atoms with van der Waals surface area (Å²) >= 11 is 0. The number of rotatable bonds is 3. The van der Waals surface area contributed by atoms with Crippen molar-refractivity contribution in [2.24, 2.45) is 11.8 Å². The van der Waals surface area contributed by atoms with Crippen molar-refractivity contribution in [3.63, 3.8) is 0 Å². The lowest BCUT2D eigenvalue weighted by Gasteiger charge is -1.85. The van der Waals surface area contributed by atoms with E-state index in [2.05, 4.69) is 27.7 Å². The Balaban J connectivity index is -0.0000000702. The van der Waals surface area contributed by atoms with Gasteiger partial charge in [-0.3, -0.25) is 0 Å². The molecule has 0 radical (unpaired) electrons. The van der Waals surface area contributed by atoms with E-state index in [-0.39, 0.29) is 7.43 Å². The van der Waals surface area contributed by atoms with Crippen molar-refractivity contribution in [3.8, 4) is 0 Å². The van der Waals surface area contributed by atoms with Crippen molar-refractivity contribution in [1.82, 2.24) is 0 Å². The lowest BCUT2D eigenvalue weighted by Crippen LogP contribution is -1.74. The smallest absolute Gasteiger partial charge is 0.0386 e. The van der Waals surface area contributed by atoms with Gasteiger partial charge in [0.05, 0.1) is 0 Å². The van der Waals surface area contributed by atoms with Crippen molar-refractivity contribution in [2.45, 2.75) is 94.9 Å². The van der Waals surface area contributed by atoms with Gasteiger partial charge < -0.3 is 0 Å². The van der Waals surface area contributed by atoms with E-state index in [1.807, 2.05) is 27.7 Å². The maximum absolute atomic E-state index is 2.29. The first-order chi connectivity index (χ1) is 7.29. The summed E-state index contributed by atoms with van der Waals surface area (Å²) in [5.74, 6) is 2.23. The van der Waals surface area contributed by atoms with Gasteiger partial charge in [0.15, 0.2) is 0 Å². The van der Waals surface area contributed by atoms with Gasteiger partial charge >= 0.3 is 0 Å². The second-order valence-electron chi connectivity index (χ2n) is 3.57. The third kappa shape index (κ3) is 19.6. The Bertz CT molecular complexity index is 66.1. The minimum atomic E-state index is 0. The maximum Gasteiger partial charge on any atom is -0.0386 e. The van der Waals surface area contributed by atoms with Crippen LogP contribution in [0, 0.1) is 11.8 Å². The molecule has 0 heteroatoms. The summed E-state index contributed by atoms with van der Waals surface area (Å²) in [6.45, 7) is 16.9. The van der Waals surface area contributed by atoms with Crippen LogP contribution in [0.3, 0.4) is 0 Å². The SMILES string of the molecule is C.CC.CC.CCC1CC1CC.CCCC. The highest BCUT2D eigenvalue weighted by atomic mass is 14.4. The number of hydrogen-bond acceptors (Lipinski definition) is 0. The fourth-order valence-electron chi connectivity index (χ4n) is 1.31. The number of unbranched alkanes of at least 4 members (excludes halogenated alkanes) is 1. The molecule has 0 spiro atoms. The van der Waals surface area contributed by atoms with Gasteiger partial charge in [-0.2, -0.15) is 0 Å². The largest absolute Gasteiger partial charge is 0.0776 e. The van der Waals surface area contributed by atoms with Gasteiger partial charge in [-0.25, -0.2) is 0 Å². The van der Waals surface area contributed by atoms with Crippen LogP contribution in [0.25, 0.3) is 0 Å². The first kappa shape index (κ1) is 25.0. The van der Waals surface area contributed by atoms with E-state index in [1.165, 1.54) is 32.1 Å². The van der Waals surface area contributed by atoms with Crippen LogP contribution in [-0.2, 0) is 0 Å². The Labute approximate surface area is 107 Å². The molecular formula is C16H40. The molecule has 1 saturated carbocycles. The summed E-state index contributed by atoms with van der Waals surface area (Å²) in [4.78, 5) is 0. The van der Waals surface area contributed by atoms with E-state index in [0.29, 0.717) is 0 Å². The molecule has 1 rings (SSSR count). The Morgan fingerprint density at radius 2 is 0.938 bits per heavy atom. The highest BCUT2D eigenvalue weighted by Crippen LogP contribution is 2.42. The molecule has 0 heterocycles. The second-order valence-corrected chi connectivity index (χ2v) is 3.57. The van der Waals surface area contributed by atoms with Gasteiger partial charge in [-0.05, 0) is 18.3 Å². The predicted octanol–water partition coefficient (Wildman–Crippen LogP) is 6.94. The topological polar surface area (TPSA) is 0 Å². The van der Waals surface area contributed by atoms with Gasteiger partial charge in [0, 0.05) is 0 Å². The highest BCUT2D eigenvalue weighted by Gasteiger charge is 2.32. The van der Waals surface area contributed by atoms with Gasteiger partial charge in [0.25, 0.3) is 0 Å². The lowest BCUT2D eigenvalue weighted by molar-refractivity contribution is 0.663. The maximum atomic E-state index is 2.29. The Hall–Kier alpha value is 0. The van der Waals surface area contributed by atoms with E-state index >= 15 is 0 Å². The van der Waals surface area contributed by atoms with Crippen LogP contribution in [0.5, 0.6) is 0 Å². The van der Waals surface area contributed by atoms with Gasteiger partial charge in [-0.1, -0.05) is 88.5 Å². The Morgan fingerprint density at radius 3 is 1.00 bits per heavy atom. The molecule has 2 atom stereocenters. The van der Waals surface area contributed by atoms with Crippen LogP contribution in [-0.4, -0.2) is 0 Å². The molecule has 104 valence electrons. The lowest BCUT2D eigenvalue weighted by atomic mass is 10.2. The normalized spacial score (nSPS) is 19.5. The summed E-state index contributed by atoms with van der Waals surface area (Å²) in [5, 5.41) is 0. The molecule has 1 aliphatic carbocycles. The van der Waals surface area contributed by atoms with Crippen LogP contribution in [0.4, 0.5) is 0 Å². The Morgan fingerprint density at radius 1 is 0.688 bits per heavy atom. The van der Waals surface area contributed by atoms with Crippen LogP contribution < -0.4 is 0 Å². The van der Waals surface area contributed by atoms with Gasteiger partial charge in [0.2, 0.25) is 0 Å². The van der Waals surface area contributed by atoms with Crippen molar-refractivity contribution in [1.29, 1.82) is 0 Å².